The van der Waals surface area contributed by atoms with E-state index in [4.69, 9.17) is 0 Å². The molecule has 0 bridgehead atoms. The molecule has 5 heteroatoms. The van der Waals surface area contributed by atoms with Gasteiger partial charge in [-0.05, 0) is 24.3 Å². The molecule has 1 aromatic heterocycles. The third kappa shape index (κ3) is 3.89. The molecule has 2 N–H and O–H groups in total. The number of hydrogen-bond donors (Lipinski definition) is 2. The largest absolute Gasteiger partial charge is 0.325 e. The first-order valence-electron chi connectivity index (χ1n) is 6.70. The van der Waals surface area contributed by atoms with E-state index >= 15 is 0 Å². The first kappa shape index (κ1) is 14.7. The fourth-order valence-electron chi connectivity index (χ4n) is 1.69. The standard InChI is InChI=1S/C16H17N3O2/c1-11(2)15(20)18-13-8-4-3-7-12(13)16(21)19-14-9-5-6-10-17-14/h3-11H,1-2H3,(H,18,20)(H,17,19,21). The van der Waals surface area contributed by atoms with Crippen molar-refractivity contribution in [1.29, 1.82) is 0 Å². The zero-order valence-electron chi connectivity index (χ0n) is 12.0. The Morgan fingerprint density at radius 1 is 1.00 bits per heavy atom. The molecule has 0 fully saturated rings. The fourth-order valence-corrected chi connectivity index (χ4v) is 1.69. The van der Waals surface area contributed by atoms with Crippen molar-refractivity contribution in [3.63, 3.8) is 0 Å². The lowest BCUT2D eigenvalue weighted by Crippen LogP contribution is -2.21. The summed E-state index contributed by atoms with van der Waals surface area (Å²) in [5, 5.41) is 5.46. The molecule has 0 saturated carbocycles. The predicted octanol–water partition coefficient (Wildman–Crippen LogP) is 2.93. The lowest BCUT2D eigenvalue weighted by molar-refractivity contribution is -0.118. The maximum Gasteiger partial charge on any atom is 0.258 e. The quantitative estimate of drug-likeness (QED) is 0.906. The molecule has 0 aliphatic heterocycles. The molecule has 1 aromatic carbocycles. The van der Waals surface area contributed by atoms with E-state index in [2.05, 4.69) is 15.6 Å². The SMILES string of the molecule is CC(C)C(=O)Nc1ccccc1C(=O)Nc1ccccn1. The molecule has 1 heterocycles. The minimum Gasteiger partial charge on any atom is -0.325 e. The monoisotopic (exact) mass is 283 g/mol. The average molecular weight is 283 g/mol. The van der Waals surface area contributed by atoms with Crippen molar-refractivity contribution in [3.8, 4) is 0 Å². The number of hydrogen-bond acceptors (Lipinski definition) is 3. The Labute approximate surface area is 123 Å². The number of pyridine rings is 1. The van der Waals surface area contributed by atoms with Gasteiger partial charge in [0.05, 0.1) is 11.3 Å². The van der Waals surface area contributed by atoms with Gasteiger partial charge in [-0.2, -0.15) is 0 Å². The second-order valence-corrected chi connectivity index (χ2v) is 4.86. The van der Waals surface area contributed by atoms with Crippen LogP contribution in [0.2, 0.25) is 0 Å². The van der Waals surface area contributed by atoms with E-state index in [0.29, 0.717) is 17.1 Å². The molecule has 2 rings (SSSR count). The molecule has 0 atom stereocenters. The summed E-state index contributed by atoms with van der Waals surface area (Å²) in [5.41, 5.74) is 0.891. The Bertz CT molecular complexity index is 639. The molecular formula is C16H17N3O2. The Morgan fingerprint density at radius 3 is 2.38 bits per heavy atom. The molecule has 0 saturated heterocycles. The highest BCUT2D eigenvalue weighted by Crippen LogP contribution is 2.17. The zero-order chi connectivity index (χ0) is 15.2. The number of nitrogens with one attached hydrogen (secondary N) is 2. The van der Waals surface area contributed by atoms with Crippen LogP contribution in [-0.4, -0.2) is 16.8 Å². The Balaban J connectivity index is 2.19. The molecule has 0 aliphatic rings. The Morgan fingerprint density at radius 2 is 1.71 bits per heavy atom. The first-order chi connectivity index (χ1) is 10.1. The predicted molar refractivity (Wildman–Crippen MR) is 82.1 cm³/mol. The van der Waals surface area contributed by atoms with Crippen LogP contribution in [0, 0.1) is 5.92 Å². The summed E-state index contributed by atoms with van der Waals surface area (Å²) in [4.78, 5) is 28.1. The molecule has 21 heavy (non-hydrogen) atoms. The highest BCUT2D eigenvalue weighted by molar-refractivity contribution is 6.09. The van der Waals surface area contributed by atoms with Gasteiger partial charge in [-0.3, -0.25) is 9.59 Å². The summed E-state index contributed by atoms with van der Waals surface area (Å²) in [6.07, 6.45) is 1.60. The van der Waals surface area contributed by atoms with Gasteiger partial charge in [-0.15, -0.1) is 0 Å². The smallest absolute Gasteiger partial charge is 0.258 e. The topological polar surface area (TPSA) is 71.1 Å². The number of carbonyl (C=O) groups excluding carboxylic acids is 2. The molecule has 0 aliphatic carbocycles. The normalized spacial score (nSPS) is 10.2. The lowest BCUT2D eigenvalue weighted by atomic mass is 10.1. The van der Waals surface area contributed by atoms with Gasteiger partial charge >= 0.3 is 0 Å². The van der Waals surface area contributed by atoms with Gasteiger partial charge in [-0.1, -0.05) is 32.0 Å². The van der Waals surface area contributed by atoms with E-state index in [9.17, 15) is 9.59 Å². The highest BCUT2D eigenvalue weighted by atomic mass is 16.2. The molecule has 0 spiro atoms. The molecule has 0 radical (unpaired) electrons. The van der Waals surface area contributed by atoms with Crippen molar-refractivity contribution < 1.29 is 9.59 Å². The highest BCUT2D eigenvalue weighted by Gasteiger charge is 2.14. The van der Waals surface area contributed by atoms with Crippen molar-refractivity contribution in [3.05, 3.63) is 54.2 Å². The van der Waals surface area contributed by atoms with Crippen LogP contribution in [0.3, 0.4) is 0 Å². The summed E-state index contributed by atoms with van der Waals surface area (Å²) in [5.74, 6) is -0.133. The van der Waals surface area contributed by atoms with E-state index in [1.807, 2.05) is 0 Å². The van der Waals surface area contributed by atoms with Crippen LogP contribution in [0.15, 0.2) is 48.7 Å². The minimum atomic E-state index is -0.312. The van der Waals surface area contributed by atoms with Crippen molar-refractivity contribution in [2.75, 3.05) is 10.6 Å². The number of nitrogens with zero attached hydrogens (tertiary/aromatic N) is 1. The average Bonchev–Trinajstić information content (AvgIpc) is 2.48. The molecule has 0 unspecified atom stereocenters. The second-order valence-electron chi connectivity index (χ2n) is 4.86. The van der Waals surface area contributed by atoms with Crippen molar-refractivity contribution >= 4 is 23.3 Å². The van der Waals surface area contributed by atoms with Crippen molar-refractivity contribution in [2.45, 2.75) is 13.8 Å². The van der Waals surface area contributed by atoms with Gasteiger partial charge in [0.1, 0.15) is 5.82 Å². The van der Waals surface area contributed by atoms with E-state index < -0.39 is 0 Å². The molecule has 108 valence electrons. The van der Waals surface area contributed by atoms with E-state index in [-0.39, 0.29) is 17.7 Å². The molecule has 2 amide bonds. The number of rotatable bonds is 4. The minimum absolute atomic E-state index is 0.131. The van der Waals surface area contributed by atoms with Crippen LogP contribution in [0.4, 0.5) is 11.5 Å². The maximum atomic E-state index is 12.3. The molecule has 2 aromatic rings. The first-order valence-corrected chi connectivity index (χ1v) is 6.70. The summed E-state index contributed by atoms with van der Waals surface area (Å²) >= 11 is 0. The van der Waals surface area contributed by atoms with Gasteiger partial charge in [0.2, 0.25) is 5.91 Å². The van der Waals surface area contributed by atoms with E-state index in [1.54, 1.807) is 62.5 Å². The van der Waals surface area contributed by atoms with Crippen LogP contribution in [0.25, 0.3) is 0 Å². The van der Waals surface area contributed by atoms with Crippen LogP contribution >= 0.6 is 0 Å². The molecular weight excluding hydrogens is 266 g/mol. The van der Waals surface area contributed by atoms with Gasteiger partial charge in [0, 0.05) is 12.1 Å². The summed E-state index contributed by atoms with van der Waals surface area (Å²) in [7, 11) is 0. The van der Waals surface area contributed by atoms with E-state index in [0.717, 1.165) is 0 Å². The lowest BCUT2D eigenvalue weighted by Gasteiger charge is -2.12. The Hall–Kier alpha value is -2.69. The zero-order valence-corrected chi connectivity index (χ0v) is 12.0. The van der Waals surface area contributed by atoms with E-state index in [1.165, 1.54) is 0 Å². The number of carbonyl (C=O) groups is 2. The van der Waals surface area contributed by atoms with Gasteiger partial charge < -0.3 is 10.6 Å². The number of anilines is 2. The summed E-state index contributed by atoms with van der Waals surface area (Å²) in [6, 6.07) is 12.1. The van der Waals surface area contributed by atoms with Crippen LogP contribution < -0.4 is 10.6 Å². The Kier molecular flexibility index (Phi) is 4.66. The molecule has 5 nitrogen and oxygen atoms in total. The van der Waals surface area contributed by atoms with Gasteiger partial charge in [0.15, 0.2) is 0 Å². The third-order valence-corrected chi connectivity index (χ3v) is 2.86. The summed E-state index contributed by atoms with van der Waals surface area (Å²) < 4.78 is 0. The number of amides is 2. The third-order valence-electron chi connectivity index (χ3n) is 2.86. The van der Waals surface area contributed by atoms with Gasteiger partial charge in [-0.25, -0.2) is 4.98 Å². The summed E-state index contributed by atoms with van der Waals surface area (Å²) in [6.45, 7) is 3.60. The second kappa shape index (κ2) is 6.65. The van der Waals surface area contributed by atoms with Gasteiger partial charge in [0.25, 0.3) is 5.91 Å². The number of benzene rings is 1. The maximum absolute atomic E-state index is 12.3. The number of aromatic nitrogens is 1. The van der Waals surface area contributed by atoms with Crippen LogP contribution in [0.1, 0.15) is 24.2 Å². The van der Waals surface area contributed by atoms with Crippen molar-refractivity contribution in [1.82, 2.24) is 4.98 Å². The fraction of sp³-hybridized carbons (Fsp3) is 0.188. The van der Waals surface area contributed by atoms with Crippen LogP contribution in [0.5, 0.6) is 0 Å². The van der Waals surface area contributed by atoms with Crippen molar-refractivity contribution in [2.24, 2.45) is 5.92 Å². The van der Waals surface area contributed by atoms with Crippen LogP contribution in [-0.2, 0) is 4.79 Å². The number of para-hydroxylation sites is 1.